The lowest BCUT2D eigenvalue weighted by Crippen LogP contribution is -2.50. The topological polar surface area (TPSA) is 73.5 Å². The third-order valence-electron chi connectivity index (χ3n) is 5.64. The van der Waals surface area contributed by atoms with E-state index in [1.807, 2.05) is 26.0 Å². The second-order valence-corrected chi connectivity index (χ2v) is 9.89. The van der Waals surface area contributed by atoms with E-state index in [2.05, 4.69) is 4.98 Å². The molecule has 2 heterocycles. The van der Waals surface area contributed by atoms with Crippen LogP contribution in [0.15, 0.2) is 47.4 Å². The average Bonchev–Trinajstić information content (AvgIpc) is 3.17. The summed E-state index contributed by atoms with van der Waals surface area (Å²) in [6, 6.07) is 9.48. The first-order valence-electron chi connectivity index (χ1n) is 10.0. The number of fused-ring (bicyclic) bond motifs is 1. The number of carbonyl (C=O) groups excluding carboxylic acids is 1. The van der Waals surface area contributed by atoms with Gasteiger partial charge in [0.05, 0.1) is 10.5 Å². The van der Waals surface area contributed by atoms with Gasteiger partial charge in [0.2, 0.25) is 10.0 Å². The molecule has 1 fully saturated rings. The Hall–Kier alpha value is -2.85. The predicted octanol–water partition coefficient (Wildman–Crippen LogP) is 3.95. The maximum atomic E-state index is 13.0. The van der Waals surface area contributed by atoms with Crippen LogP contribution in [0.4, 0.5) is 13.2 Å². The summed E-state index contributed by atoms with van der Waals surface area (Å²) in [7, 11) is -4.10. The van der Waals surface area contributed by atoms with E-state index < -0.39 is 26.7 Å². The summed E-state index contributed by atoms with van der Waals surface area (Å²) in [6.07, 6.45) is -4.63. The maximum absolute atomic E-state index is 13.0. The predicted molar refractivity (Wildman–Crippen MR) is 114 cm³/mol. The monoisotopic (exact) mass is 465 g/mol. The molecule has 4 rings (SSSR count). The highest BCUT2D eigenvalue weighted by Crippen LogP contribution is 2.31. The van der Waals surface area contributed by atoms with Gasteiger partial charge in [0.1, 0.15) is 5.69 Å². The number of sulfonamides is 1. The number of carbonyl (C=O) groups is 1. The first kappa shape index (κ1) is 22.3. The molecule has 1 N–H and O–H groups in total. The summed E-state index contributed by atoms with van der Waals surface area (Å²) >= 11 is 0. The number of rotatable bonds is 3. The molecule has 1 aliphatic heterocycles. The number of hydrogen-bond acceptors (Lipinski definition) is 3. The minimum absolute atomic E-state index is 0.00266. The second kappa shape index (κ2) is 7.93. The van der Waals surface area contributed by atoms with Crippen LogP contribution in [0, 0.1) is 13.8 Å². The van der Waals surface area contributed by atoms with Gasteiger partial charge in [-0.15, -0.1) is 0 Å². The average molecular weight is 465 g/mol. The lowest BCUT2D eigenvalue weighted by atomic mass is 10.1. The van der Waals surface area contributed by atoms with Gasteiger partial charge in [0.25, 0.3) is 5.91 Å². The molecule has 0 radical (unpaired) electrons. The number of alkyl halides is 3. The zero-order valence-electron chi connectivity index (χ0n) is 17.5. The molecule has 170 valence electrons. The van der Waals surface area contributed by atoms with Crippen LogP contribution in [-0.2, 0) is 16.2 Å². The maximum Gasteiger partial charge on any atom is 0.416 e. The van der Waals surface area contributed by atoms with E-state index in [1.54, 1.807) is 11.0 Å². The van der Waals surface area contributed by atoms with Crippen LogP contribution in [0.5, 0.6) is 0 Å². The van der Waals surface area contributed by atoms with Crippen molar-refractivity contribution < 1.29 is 26.4 Å². The van der Waals surface area contributed by atoms with Gasteiger partial charge >= 0.3 is 6.18 Å². The molecule has 0 spiro atoms. The van der Waals surface area contributed by atoms with Gasteiger partial charge in [-0.05, 0) is 55.3 Å². The Morgan fingerprint density at radius 2 is 1.69 bits per heavy atom. The highest BCUT2D eigenvalue weighted by Gasteiger charge is 2.34. The first-order chi connectivity index (χ1) is 15.0. The van der Waals surface area contributed by atoms with E-state index in [1.165, 1.54) is 0 Å². The Labute approximate surface area is 183 Å². The molecular weight excluding hydrogens is 443 g/mol. The summed E-state index contributed by atoms with van der Waals surface area (Å²) < 4.78 is 65.7. The fraction of sp³-hybridized carbons (Fsp3) is 0.318. The van der Waals surface area contributed by atoms with Crippen molar-refractivity contribution in [3.8, 4) is 0 Å². The number of benzene rings is 2. The first-order valence-corrected chi connectivity index (χ1v) is 11.5. The minimum Gasteiger partial charge on any atom is -0.351 e. The van der Waals surface area contributed by atoms with Crippen molar-refractivity contribution in [1.29, 1.82) is 0 Å². The Bertz CT molecular complexity index is 1290. The number of piperazine rings is 1. The zero-order valence-corrected chi connectivity index (χ0v) is 18.3. The summed E-state index contributed by atoms with van der Waals surface area (Å²) in [5.41, 5.74) is 2.38. The Balaban J connectivity index is 1.49. The van der Waals surface area contributed by atoms with Gasteiger partial charge in [-0.3, -0.25) is 4.79 Å². The van der Waals surface area contributed by atoms with Gasteiger partial charge in [-0.1, -0.05) is 12.1 Å². The molecule has 1 saturated heterocycles. The fourth-order valence-corrected chi connectivity index (χ4v) is 5.47. The number of aryl methyl sites for hydroxylation is 2. The van der Waals surface area contributed by atoms with Crippen molar-refractivity contribution in [1.82, 2.24) is 14.2 Å². The van der Waals surface area contributed by atoms with Crippen LogP contribution in [0.1, 0.15) is 27.2 Å². The second-order valence-electron chi connectivity index (χ2n) is 7.95. The quantitative estimate of drug-likeness (QED) is 0.637. The summed E-state index contributed by atoms with van der Waals surface area (Å²) in [4.78, 5) is 17.2. The molecule has 1 aromatic heterocycles. The van der Waals surface area contributed by atoms with Crippen LogP contribution < -0.4 is 0 Å². The van der Waals surface area contributed by atoms with E-state index in [9.17, 15) is 26.4 Å². The molecule has 10 heteroatoms. The van der Waals surface area contributed by atoms with E-state index in [0.717, 1.165) is 44.5 Å². The summed E-state index contributed by atoms with van der Waals surface area (Å²) in [5, 5.41) is 0.949. The molecule has 0 atom stereocenters. The summed E-state index contributed by atoms with van der Waals surface area (Å²) in [6.45, 7) is 4.23. The number of nitrogens with one attached hydrogen (secondary N) is 1. The molecule has 0 saturated carbocycles. The standard InChI is InChI=1S/C22H22F3N3O3S/c1-14-10-15(2)18-13-20(26-19(18)11-14)21(29)27-6-8-28(9-7-27)32(30,31)17-5-3-4-16(12-17)22(23,24)25/h3-5,10-13,26H,6-9H2,1-2H3. The SMILES string of the molecule is Cc1cc(C)c2cc(C(=O)N3CCN(S(=O)(=O)c4cccc(C(F)(F)F)c4)CC3)[nH]c2c1. The van der Waals surface area contributed by atoms with Crippen molar-refractivity contribution in [2.75, 3.05) is 26.2 Å². The number of amides is 1. The van der Waals surface area contributed by atoms with E-state index in [4.69, 9.17) is 0 Å². The number of hydrogen-bond donors (Lipinski definition) is 1. The number of aromatic amines is 1. The largest absolute Gasteiger partial charge is 0.416 e. The summed E-state index contributed by atoms with van der Waals surface area (Å²) in [5.74, 6) is -0.241. The van der Waals surface area contributed by atoms with Gasteiger partial charge in [-0.2, -0.15) is 17.5 Å². The highest BCUT2D eigenvalue weighted by molar-refractivity contribution is 7.89. The molecule has 3 aromatic rings. The normalized spacial score (nSPS) is 16.0. The number of H-pyrrole nitrogens is 1. The molecule has 1 amide bonds. The number of aromatic nitrogens is 1. The Morgan fingerprint density at radius 3 is 2.34 bits per heavy atom. The van der Waals surface area contributed by atoms with Gasteiger partial charge in [-0.25, -0.2) is 8.42 Å². The molecule has 32 heavy (non-hydrogen) atoms. The smallest absolute Gasteiger partial charge is 0.351 e. The van der Waals surface area contributed by atoms with Gasteiger partial charge in [0.15, 0.2) is 0 Å². The highest BCUT2D eigenvalue weighted by atomic mass is 32.2. The Morgan fingerprint density at radius 1 is 1.00 bits per heavy atom. The van der Waals surface area contributed by atoms with Crippen LogP contribution in [0.2, 0.25) is 0 Å². The fourth-order valence-electron chi connectivity index (χ4n) is 4.00. The molecule has 1 aliphatic rings. The molecule has 2 aromatic carbocycles. The lowest BCUT2D eigenvalue weighted by Gasteiger charge is -2.33. The lowest BCUT2D eigenvalue weighted by molar-refractivity contribution is -0.137. The van der Waals surface area contributed by atoms with Crippen LogP contribution >= 0.6 is 0 Å². The van der Waals surface area contributed by atoms with Gasteiger partial charge in [0, 0.05) is 37.1 Å². The van der Waals surface area contributed by atoms with E-state index in [0.29, 0.717) is 11.8 Å². The zero-order chi connectivity index (χ0) is 23.3. The molecular formula is C22H22F3N3O3S. The van der Waals surface area contributed by atoms with Crippen molar-refractivity contribution in [2.45, 2.75) is 24.9 Å². The third kappa shape index (κ3) is 4.12. The van der Waals surface area contributed by atoms with E-state index >= 15 is 0 Å². The number of halogens is 3. The van der Waals surface area contributed by atoms with Gasteiger partial charge < -0.3 is 9.88 Å². The Kier molecular flexibility index (Phi) is 5.54. The molecule has 0 unspecified atom stereocenters. The van der Waals surface area contributed by atoms with Crippen molar-refractivity contribution in [3.05, 3.63) is 64.8 Å². The van der Waals surface area contributed by atoms with Crippen molar-refractivity contribution in [2.24, 2.45) is 0 Å². The molecule has 0 bridgehead atoms. The van der Waals surface area contributed by atoms with Crippen molar-refractivity contribution >= 4 is 26.8 Å². The van der Waals surface area contributed by atoms with Crippen LogP contribution in [0.3, 0.4) is 0 Å². The van der Waals surface area contributed by atoms with Crippen LogP contribution in [0.25, 0.3) is 10.9 Å². The third-order valence-corrected chi connectivity index (χ3v) is 7.54. The molecule has 0 aliphatic carbocycles. The number of nitrogens with zero attached hydrogens (tertiary/aromatic N) is 2. The minimum atomic E-state index is -4.63. The van der Waals surface area contributed by atoms with Crippen molar-refractivity contribution in [3.63, 3.8) is 0 Å². The van der Waals surface area contributed by atoms with E-state index in [-0.39, 0.29) is 32.1 Å². The van der Waals surface area contributed by atoms with Crippen LogP contribution in [-0.4, -0.2) is 54.7 Å². The molecule has 6 nitrogen and oxygen atoms in total.